The van der Waals surface area contributed by atoms with Crippen LogP contribution in [-0.4, -0.2) is 44.9 Å². The fraction of sp³-hybridized carbons (Fsp3) is 0.632. The number of benzene rings is 1. The smallest absolute Gasteiger partial charge is 0.251 e. The van der Waals surface area contributed by atoms with Gasteiger partial charge in [-0.2, -0.15) is 0 Å². The molecule has 0 aromatic heterocycles. The predicted octanol–water partition coefficient (Wildman–Crippen LogP) is 2.28. The number of hydrogen-bond donors (Lipinski definition) is 2. The Morgan fingerprint density at radius 1 is 1.33 bits per heavy atom. The number of carbonyl (C=O) groups excluding carboxylic acids is 1. The first kappa shape index (κ1) is 17.2. The standard InChI is InChI=1S/C19H28N2O3/c1-14-11-17(24-10-2-3-15-6-8-20-9-7-15)4-5-18(14)19(22)21-16-12-23-13-16/h4-5,11,15-16,20H,2-3,6-10,12-13H2,1H3,(H,21,22). The highest BCUT2D eigenvalue weighted by Gasteiger charge is 2.21. The number of aryl methyl sites for hydroxylation is 1. The molecule has 0 bridgehead atoms. The van der Waals surface area contributed by atoms with Crippen LogP contribution in [0.1, 0.15) is 41.6 Å². The van der Waals surface area contributed by atoms with Gasteiger partial charge in [0, 0.05) is 5.56 Å². The molecule has 2 fully saturated rings. The molecule has 0 aliphatic carbocycles. The van der Waals surface area contributed by atoms with E-state index in [1.54, 1.807) is 0 Å². The summed E-state index contributed by atoms with van der Waals surface area (Å²) in [5, 5.41) is 6.37. The number of carbonyl (C=O) groups is 1. The minimum absolute atomic E-state index is 0.0294. The molecule has 0 radical (unpaired) electrons. The molecule has 132 valence electrons. The van der Waals surface area contributed by atoms with Gasteiger partial charge in [0.25, 0.3) is 5.91 Å². The average molecular weight is 332 g/mol. The molecule has 1 aromatic rings. The van der Waals surface area contributed by atoms with Crippen LogP contribution in [0.3, 0.4) is 0 Å². The van der Waals surface area contributed by atoms with E-state index in [0.717, 1.165) is 43.3 Å². The van der Waals surface area contributed by atoms with Gasteiger partial charge in [0.1, 0.15) is 5.75 Å². The summed E-state index contributed by atoms with van der Waals surface area (Å²) in [4.78, 5) is 12.2. The first-order valence-corrected chi connectivity index (χ1v) is 9.05. The lowest BCUT2D eigenvalue weighted by atomic mass is 9.93. The molecule has 1 amide bonds. The average Bonchev–Trinajstić information content (AvgIpc) is 2.56. The number of ether oxygens (including phenoxy) is 2. The van der Waals surface area contributed by atoms with Crippen molar-refractivity contribution in [3.8, 4) is 5.75 Å². The molecule has 3 rings (SSSR count). The Balaban J connectivity index is 1.42. The Morgan fingerprint density at radius 2 is 2.12 bits per heavy atom. The second-order valence-electron chi connectivity index (χ2n) is 6.87. The summed E-state index contributed by atoms with van der Waals surface area (Å²) < 4.78 is 10.9. The quantitative estimate of drug-likeness (QED) is 0.752. The number of amides is 1. The molecule has 0 unspecified atom stereocenters. The van der Waals surface area contributed by atoms with Crippen LogP contribution in [-0.2, 0) is 4.74 Å². The zero-order valence-electron chi connectivity index (χ0n) is 14.5. The van der Waals surface area contributed by atoms with Gasteiger partial charge in [0.05, 0.1) is 25.9 Å². The van der Waals surface area contributed by atoms with Gasteiger partial charge in [-0.3, -0.25) is 4.79 Å². The van der Waals surface area contributed by atoms with Gasteiger partial charge in [0.2, 0.25) is 0 Å². The Bertz CT molecular complexity index is 552. The van der Waals surface area contributed by atoms with Crippen LogP contribution in [0.5, 0.6) is 5.75 Å². The zero-order chi connectivity index (χ0) is 16.8. The van der Waals surface area contributed by atoms with Crippen LogP contribution in [0, 0.1) is 12.8 Å². The minimum Gasteiger partial charge on any atom is -0.494 e. The summed E-state index contributed by atoms with van der Waals surface area (Å²) >= 11 is 0. The summed E-state index contributed by atoms with van der Waals surface area (Å²) in [7, 11) is 0. The molecule has 5 heteroatoms. The lowest BCUT2D eigenvalue weighted by Gasteiger charge is -2.27. The summed E-state index contributed by atoms with van der Waals surface area (Å²) in [6.45, 7) is 6.23. The van der Waals surface area contributed by atoms with Gasteiger partial charge >= 0.3 is 0 Å². The molecule has 2 aliphatic heterocycles. The van der Waals surface area contributed by atoms with Crippen LogP contribution in [0.15, 0.2) is 18.2 Å². The highest BCUT2D eigenvalue weighted by atomic mass is 16.5. The van der Waals surface area contributed by atoms with Crippen LogP contribution in [0.4, 0.5) is 0 Å². The third-order valence-electron chi connectivity index (χ3n) is 4.90. The molecule has 5 nitrogen and oxygen atoms in total. The fourth-order valence-corrected chi connectivity index (χ4v) is 3.30. The first-order valence-electron chi connectivity index (χ1n) is 9.05. The van der Waals surface area contributed by atoms with E-state index in [-0.39, 0.29) is 11.9 Å². The third kappa shape index (κ3) is 4.71. The molecule has 0 spiro atoms. The first-order chi connectivity index (χ1) is 11.7. The van der Waals surface area contributed by atoms with Gasteiger partial charge in [-0.05, 0) is 75.4 Å². The largest absolute Gasteiger partial charge is 0.494 e. The molecule has 1 aromatic carbocycles. The summed E-state index contributed by atoms with van der Waals surface area (Å²) in [5.74, 6) is 1.66. The van der Waals surface area contributed by atoms with E-state index >= 15 is 0 Å². The van der Waals surface area contributed by atoms with Gasteiger partial charge in [-0.15, -0.1) is 0 Å². The molecule has 2 saturated heterocycles. The van der Waals surface area contributed by atoms with Crippen molar-refractivity contribution in [1.82, 2.24) is 10.6 Å². The van der Waals surface area contributed by atoms with Crippen molar-refractivity contribution >= 4 is 5.91 Å². The fourth-order valence-electron chi connectivity index (χ4n) is 3.30. The van der Waals surface area contributed by atoms with E-state index in [0.29, 0.717) is 18.8 Å². The van der Waals surface area contributed by atoms with E-state index in [4.69, 9.17) is 9.47 Å². The van der Waals surface area contributed by atoms with Crippen molar-refractivity contribution in [2.45, 2.75) is 38.6 Å². The molecule has 0 saturated carbocycles. The van der Waals surface area contributed by atoms with E-state index in [2.05, 4.69) is 10.6 Å². The van der Waals surface area contributed by atoms with Crippen LogP contribution in [0.25, 0.3) is 0 Å². The summed E-state index contributed by atoms with van der Waals surface area (Å²) in [6.07, 6.45) is 4.90. The highest BCUT2D eigenvalue weighted by molar-refractivity contribution is 5.96. The second-order valence-corrected chi connectivity index (χ2v) is 6.87. The van der Waals surface area contributed by atoms with Crippen LogP contribution < -0.4 is 15.4 Å². The SMILES string of the molecule is Cc1cc(OCCCC2CCNCC2)ccc1C(=O)NC1COC1. The molecule has 2 aliphatic rings. The Labute approximate surface area is 144 Å². The maximum absolute atomic E-state index is 12.2. The zero-order valence-corrected chi connectivity index (χ0v) is 14.5. The van der Waals surface area contributed by atoms with Crippen molar-refractivity contribution in [2.24, 2.45) is 5.92 Å². The molecular weight excluding hydrogens is 304 g/mol. The van der Waals surface area contributed by atoms with Crippen molar-refractivity contribution in [1.29, 1.82) is 0 Å². The third-order valence-corrected chi connectivity index (χ3v) is 4.90. The van der Waals surface area contributed by atoms with Gasteiger partial charge in [-0.1, -0.05) is 0 Å². The van der Waals surface area contributed by atoms with Crippen molar-refractivity contribution in [3.63, 3.8) is 0 Å². The summed E-state index contributed by atoms with van der Waals surface area (Å²) in [5.41, 5.74) is 1.66. The van der Waals surface area contributed by atoms with Crippen LogP contribution >= 0.6 is 0 Å². The maximum atomic E-state index is 12.2. The molecular formula is C19H28N2O3. The van der Waals surface area contributed by atoms with E-state index in [9.17, 15) is 4.79 Å². The lowest BCUT2D eigenvalue weighted by molar-refractivity contribution is -0.00347. The molecule has 2 heterocycles. The monoisotopic (exact) mass is 332 g/mol. The second kappa shape index (κ2) is 8.49. The molecule has 0 atom stereocenters. The van der Waals surface area contributed by atoms with Gasteiger partial charge < -0.3 is 20.1 Å². The van der Waals surface area contributed by atoms with Crippen molar-refractivity contribution < 1.29 is 14.3 Å². The van der Waals surface area contributed by atoms with Crippen molar-refractivity contribution in [2.75, 3.05) is 32.9 Å². The van der Waals surface area contributed by atoms with Gasteiger partial charge in [0.15, 0.2) is 0 Å². The number of piperidine rings is 1. The predicted molar refractivity (Wildman–Crippen MR) is 93.6 cm³/mol. The summed E-state index contributed by atoms with van der Waals surface area (Å²) in [6, 6.07) is 5.86. The number of nitrogens with one attached hydrogen (secondary N) is 2. The minimum atomic E-state index is -0.0294. The normalized spacial score (nSPS) is 18.9. The van der Waals surface area contributed by atoms with Gasteiger partial charge in [-0.25, -0.2) is 0 Å². The number of rotatable bonds is 7. The Hall–Kier alpha value is -1.59. The maximum Gasteiger partial charge on any atom is 0.251 e. The van der Waals surface area contributed by atoms with E-state index in [1.165, 1.54) is 19.3 Å². The van der Waals surface area contributed by atoms with E-state index in [1.807, 2.05) is 25.1 Å². The van der Waals surface area contributed by atoms with Crippen LogP contribution in [0.2, 0.25) is 0 Å². The topological polar surface area (TPSA) is 59.6 Å². The highest BCUT2D eigenvalue weighted by Crippen LogP contribution is 2.20. The van der Waals surface area contributed by atoms with Crippen molar-refractivity contribution in [3.05, 3.63) is 29.3 Å². The lowest BCUT2D eigenvalue weighted by Crippen LogP contribution is -2.48. The Kier molecular flexibility index (Phi) is 6.10. The van der Waals surface area contributed by atoms with E-state index < -0.39 is 0 Å². The molecule has 24 heavy (non-hydrogen) atoms. The number of hydrogen-bond acceptors (Lipinski definition) is 4. The Morgan fingerprint density at radius 3 is 2.79 bits per heavy atom. The molecule has 2 N–H and O–H groups in total.